The summed E-state index contributed by atoms with van der Waals surface area (Å²) in [6.45, 7) is 0.793. The van der Waals surface area contributed by atoms with Crippen LogP contribution in [-0.2, 0) is 6.54 Å². The van der Waals surface area contributed by atoms with E-state index in [9.17, 15) is 0 Å². The van der Waals surface area contributed by atoms with Crippen LogP contribution in [0.1, 0.15) is 5.56 Å². The van der Waals surface area contributed by atoms with Crippen LogP contribution in [0.3, 0.4) is 0 Å². The van der Waals surface area contributed by atoms with Gasteiger partial charge in [-0.25, -0.2) is 0 Å². The number of nitrogens with one attached hydrogen (secondary N) is 1. The van der Waals surface area contributed by atoms with Gasteiger partial charge in [0.25, 0.3) is 0 Å². The van der Waals surface area contributed by atoms with Crippen LogP contribution in [0.4, 0.5) is 5.69 Å². The molecular formula is C12H11ClN2. The van der Waals surface area contributed by atoms with Gasteiger partial charge in [0, 0.05) is 29.6 Å². The molecule has 1 aromatic carbocycles. The van der Waals surface area contributed by atoms with E-state index in [4.69, 9.17) is 11.6 Å². The van der Waals surface area contributed by atoms with Crippen LogP contribution in [0.2, 0.25) is 5.02 Å². The highest BCUT2D eigenvalue weighted by atomic mass is 35.5. The molecule has 2 rings (SSSR count). The number of aromatic nitrogens is 1. The largest absolute Gasteiger partial charge is 0.381 e. The molecule has 0 saturated carbocycles. The highest BCUT2D eigenvalue weighted by Gasteiger charge is 1.93. The summed E-state index contributed by atoms with van der Waals surface area (Å²) < 4.78 is 0. The average Bonchev–Trinajstić information content (AvgIpc) is 2.30. The fourth-order valence-electron chi connectivity index (χ4n) is 1.28. The van der Waals surface area contributed by atoms with Crippen LogP contribution in [0.5, 0.6) is 0 Å². The summed E-state index contributed by atoms with van der Waals surface area (Å²) in [6.07, 6.45) is 3.54. The third-order valence-corrected chi connectivity index (χ3v) is 2.34. The number of anilines is 1. The van der Waals surface area contributed by atoms with Crippen molar-refractivity contribution < 1.29 is 0 Å². The van der Waals surface area contributed by atoms with Crippen molar-refractivity contribution in [2.45, 2.75) is 6.54 Å². The molecule has 0 bridgehead atoms. The first-order valence-electron chi connectivity index (χ1n) is 4.73. The van der Waals surface area contributed by atoms with Gasteiger partial charge < -0.3 is 5.32 Å². The third-order valence-electron chi connectivity index (χ3n) is 2.09. The van der Waals surface area contributed by atoms with Crippen molar-refractivity contribution >= 4 is 17.3 Å². The van der Waals surface area contributed by atoms with Gasteiger partial charge in [-0.05, 0) is 29.8 Å². The van der Waals surface area contributed by atoms with E-state index in [0.29, 0.717) is 0 Å². The number of nitrogens with zero attached hydrogens (tertiary/aromatic N) is 1. The third kappa shape index (κ3) is 2.96. The fourth-order valence-corrected chi connectivity index (χ4v) is 1.40. The molecule has 0 saturated heterocycles. The molecule has 0 spiro atoms. The molecule has 0 radical (unpaired) electrons. The molecular weight excluding hydrogens is 208 g/mol. The molecule has 1 heterocycles. The van der Waals surface area contributed by atoms with Crippen molar-refractivity contribution in [3.63, 3.8) is 0 Å². The number of hydrogen-bond acceptors (Lipinski definition) is 2. The molecule has 1 aromatic heterocycles. The Balaban J connectivity index is 1.96. The predicted octanol–water partition coefficient (Wildman–Crippen LogP) is 3.35. The van der Waals surface area contributed by atoms with Crippen LogP contribution in [0.25, 0.3) is 0 Å². The topological polar surface area (TPSA) is 24.9 Å². The van der Waals surface area contributed by atoms with Crippen LogP contribution in [0, 0.1) is 0 Å². The molecule has 2 nitrogen and oxygen atoms in total. The van der Waals surface area contributed by atoms with Crippen molar-refractivity contribution in [3.8, 4) is 0 Å². The second-order valence-electron chi connectivity index (χ2n) is 3.22. The molecule has 0 aliphatic heterocycles. The first kappa shape index (κ1) is 9.99. The molecule has 15 heavy (non-hydrogen) atoms. The molecule has 1 N–H and O–H groups in total. The molecule has 0 aliphatic carbocycles. The highest BCUT2D eigenvalue weighted by Crippen LogP contribution is 2.11. The minimum atomic E-state index is 0.766. The van der Waals surface area contributed by atoms with Crippen molar-refractivity contribution in [2.24, 2.45) is 0 Å². The summed E-state index contributed by atoms with van der Waals surface area (Å²) in [6, 6.07) is 11.7. The van der Waals surface area contributed by atoms with E-state index in [2.05, 4.69) is 10.3 Å². The Hall–Kier alpha value is -1.54. The van der Waals surface area contributed by atoms with Gasteiger partial charge in [0.15, 0.2) is 0 Å². The molecule has 0 atom stereocenters. The maximum absolute atomic E-state index is 5.80. The number of benzene rings is 1. The lowest BCUT2D eigenvalue weighted by Crippen LogP contribution is -1.98. The lowest BCUT2D eigenvalue weighted by molar-refractivity contribution is 1.14. The van der Waals surface area contributed by atoms with Gasteiger partial charge in [-0.3, -0.25) is 4.98 Å². The first-order chi connectivity index (χ1) is 7.34. The van der Waals surface area contributed by atoms with Crippen LogP contribution < -0.4 is 5.32 Å². The monoisotopic (exact) mass is 218 g/mol. The van der Waals surface area contributed by atoms with Crippen LogP contribution >= 0.6 is 11.6 Å². The van der Waals surface area contributed by atoms with Crippen LogP contribution in [-0.4, -0.2) is 4.98 Å². The summed E-state index contributed by atoms with van der Waals surface area (Å²) in [5, 5.41) is 4.06. The van der Waals surface area contributed by atoms with E-state index in [1.165, 1.54) is 5.56 Å². The molecule has 3 heteroatoms. The molecule has 0 fully saturated rings. The van der Waals surface area contributed by atoms with Crippen molar-refractivity contribution in [1.29, 1.82) is 0 Å². The lowest BCUT2D eigenvalue weighted by atomic mass is 10.2. The molecule has 0 aliphatic rings. The van der Waals surface area contributed by atoms with Crippen molar-refractivity contribution in [2.75, 3.05) is 5.32 Å². The summed E-state index contributed by atoms with van der Waals surface area (Å²) in [5.74, 6) is 0. The number of halogens is 1. The maximum Gasteiger partial charge on any atom is 0.0406 e. The normalized spacial score (nSPS) is 9.93. The Kier molecular flexibility index (Phi) is 3.20. The quantitative estimate of drug-likeness (QED) is 0.855. The van der Waals surface area contributed by atoms with Gasteiger partial charge in [0.2, 0.25) is 0 Å². The molecule has 0 amide bonds. The summed E-state index contributed by atoms with van der Waals surface area (Å²) in [4.78, 5) is 3.95. The van der Waals surface area contributed by atoms with E-state index in [1.807, 2.05) is 36.4 Å². The SMILES string of the molecule is Clc1ccc(CNc2ccncc2)cc1. The lowest BCUT2D eigenvalue weighted by Gasteiger charge is -2.05. The van der Waals surface area contributed by atoms with Gasteiger partial charge in [-0.2, -0.15) is 0 Å². The van der Waals surface area contributed by atoms with E-state index >= 15 is 0 Å². The van der Waals surface area contributed by atoms with Gasteiger partial charge >= 0.3 is 0 Å². The number of rotatable bonds is 3. The zero-order chi connectivity index (χ0) is 10.5. The Morgan fingerprint density at radius 2 is 1.67 bits per heavy atom. The minimum absolute atomic E-state index is 0.766. The van der Waals surface area contributed by atoms with E-state index < -0.39 is 0 Å². The highest BCUT2D eigenvalue weighted by molar-refractivity contribution is 6.30. The van der Waals surface area contributed by atoms with E-state index in [1.54, 1.807) is 12.4 Å². The average molecular weight is 219 g/mol. The minimum Gasteiger partial charge on any atom is -0.381 e. The van der Waals surface area contributed by atoms with E-state index in [0.717, 1.165) is 17.3 Å². The summed E-state index contributed by atoms with van der Waals surface area (Å²) >= 11 is 5.80. The first-order valence-corrected chi connectivity index (χ1v) is 5.11. The second-order valence-corrected chi connectivity index (χ2v) is 3.65. The van der Waals surface area contributed by atoms with Gasteiger partial charge in [0.1, 0.15) is 0 Å². The smallest absolute Gasteiger partial charge is 0.0406 e. The Bertz CT molecular complexity index is 411. The zero-order valence-corrected chi connectivity index (χ0v) is 8.91. The van der Waals surface area contributed by atoms with Gasteiger partial charge in [-0.1, -0.05) is 23.7 Å². The van der Waals surface area contributed by atoms with E-state index in [-0.39, 0.29) is 0 Å². The van der Waals surface area contributed by atoms with Gasteiger partial charge in [-0.15, -0.1) is 0 Å². The maximum atomic E-state index is 5.80. The predicted molar refractivity (Wildman–Crippen MR) is 63.0 cm³/mol. The Labute approximate surface area is 93.9 Å². The molecule has 2 aromatic rings. The van der Waals surface area contributed by atoms with Crippen molar-refractivity contribution in [1.82, 2.24) is 4.98 Å². The summed E-state index contributed by atoms with van der Waals surface area (Å²) in [7, 11) is 0. The van der Waals surface area contributed by atoms with Crippen LogP contribution in [0.15, 0.2) is 48.8 Å². The summed E-state index contributed by atoms with van der Waals surface area (Å²) in [5.41, 5.74) is 2.27. The number of pyridine rings is 1. The zero-order valence-electron chi connectivity index (χ0n) is 8.15. The molecule has 76 valence electrons. The standard InChI is InChI=1S/C12H11ClN2/c13-11-3-1-10(2-4-11)9-15-12-5-7-14-8-6-12/h1-8H,9H2,(H,14,15). The van der Waals surface area contributed by atoms with Crippen molar-refractivity contribution in [3.05, 3.63) is 59.4 Å². The second kappa shape index (κ2) is 4.80. The Morgan fingerprint density at radius 3 is 2.33 bits per heavy atom. The Morgan fingerprint density at radius 1 is 1.00 bits per heavy atom. The fraction of sp³-hybridized carbons (Fsp3) is 0.0833. The van der Waals surface area contributed by atoms with Gasteiger partial charge in [0.05, 0.1) is 0 Å². The number of hydrogen-bond donors (Lipinski definition) is 1. The molecule has 0 unspecified atom stereocenters.